The number of hydrogen-bond acceptors (Lipinski definition) is 9. The van der Waals surface area contributed by atoms with Crippen molar-refractivity contribution in [2.24, 2.45) is 0 Å². The van der Waals surface area contributed by atoms with Crippen molar-refractivity contribution in [3.05, 3.63) is 75.6 Å². The number of fused-ring (bicyclic) bond motifs is 1. The van der Waals surface area contributed by atoms with Gasteiger partial charge in [0, 0.05) is 18.7 Å². The van der Waals surface area contributed by atoms with E-state index in [0.29, 0.717) is 0 Å². The zero-order valence-electron chi connectivity index (χ0n) is 22.4. The summed E-state index contributed by atoms with van der Waals surface area (Å²) in [6.45, 7) is 3.50. The fourth-order valence-electron chi connectivity index (χ4n) is 4.26. The van der Waals surface area contributed by atoms with Crippen LogP contribution in [0.15, 0.2) is 64.3 Å². The highest BCUT2D eigenvalue weighted by molar-refractivity contribution is 7.52. The molecule has 5 atom stereocenters. The van der Waals surface area contributed by atoms with Crippen LogP contribution in [0.5, 0.6) is 5.75 Å². The molecule has 1 fully saturated rings. The van der Waals surface area contributed by atoms with Gasteiger partial charge in [-0.05, 0) is 43.7 Å². The molecule has 1 aliphatic rings. The van der Waals surface area contributed by atoms with E-state index in [1.54, 1.807) is 38.1 Å². The van der Waals surface area contributed by atoms with E-state index in [9.17, 15) is 32.8 Å². The summed E-state index contributed by atoms with van der Waals surface area (Å²) in [5.74, 6) is -0.736. The lowest BCUT2D eigenvalue weighted by molar-refractivity contribution is -0.170. The molecule has 0 spiro atoms. The Morgan fingerprint density at radius 2 is 1.90 bits per heavy atom. The summed E-state index contributed by atoms with van der Waals surface area (Å²) in [5, 5.41) is 14.5. The van der Waals surface area contributed by atoms with E-state index in [1.165, 1.54) is 13.0 Å². The van der Waals surface area contributed by atoms with Crippen molar-refractivity contribution < 1.29 is 41.8 Å². The molecule has 222 valence electrons. The summed E-state index contributed by atoms with van der Waals surface area (Å²) in [6, 6.07) is 11.7. The number of alkyl halides is 2. The van der Waals surface area contributed by atoms with Gasteiger partial charge in [0.2, 0.25) is 0 Å². The molecule has 2 heterocycles. The van der Waals surface area contributed by atoms with Gasteiger partial charge in [-0.25, -0.2) is 18.1 Å². The normalized spacial score (nSPS) is 23.0. The molecule has 15 heteroatoms. The highest BCUT2D eigenvalue weighted by Gasteiger charge is 2.55. The number of benzene rings is 2. The Labute approximate surface area is 232 Å². The number of esters is 1. The van der Waals surface area contributed by atoms with Crippen LogP contribution in [0.25, 0.3) is 10.8 Å². The van der Waals surface area contributed by atoms with Crippen LogP contribution in [0.1, 0.15) is 33.4 Å². The zero-order chi connectivity index (χ0) is 29.9. The summed E-state index contributed by atoms with van der Waals surface area (Å²) in [6.07, 6.45) is -6.72. The molecule has 41 heavy (non-hydrogen) atoms. The van der Waals surface area contributed by atoms with Crippen molar-refractivity contribution in [1.82, 2.24) is 14.6 Å². The Hall–Kier alpha value is -3.42. The number of H-pyrrole nitrogens is 1. The van der Waals surface area contributed by atoms with Crippen molar-refractivity contribution in [2.75, 3.05) is 6.61 Å². The Morgan fingerprint density at radius 3 is 2.56 bits per heavy atom. The van der Waals surface area contributed by atoms with Crippen LogP contribution < -0.4 is 20.9 Å². The van der Waals surface area contributed by atoms with Crippen LogP contribution >= 0.6 is 7.75 Å². The molecule has 0 aliphatic carbocycles. The van der Waals surface area contributed by atoms with Gasteiger partial charge < -0.3 is 19.1 Å². The van der Waals surface area contributed by atoms with Crippen LogP contribution in [0.2, 0.25) is 0 Å². The number of carbonyl (C=O) groups excluding carboxylic acids is 1. The molecule has 2 aromatic carbocycles. The average Bonchev–Trinajstić information content (AvgIpc) is 3.24. The molecule has 1 aliphatic heterocycles. The molecule has 1 aromatic heterocycles. The minimum absolute atomic E-state index is 0.0556. The van der Waals surface area contributed by atoms with Crippen molar-refractivity contribution in [2.45, 2.75) is 63.7 Å². The standard InChI is InChI=1S/C26H30F2N3O9P/c1-15(2)38-23(34)16(3)30-41(36,40-19-9-8-17-6-4-5-7-18(17)12-19)37-14-26(24(27)28)13-20(32)22(39-26)31-11-10-21(33)29-25(31)35/h4-12,15-16,20,22,24,32H,13-14H2,1-3H3,(H,30,36)(H,29,33,35). The predicted molar refractivity (Wildman–Crippen MR) is 143 cm³/mol. The summed E-state index contributed by atoms with van der Waals surface area (Å²) < 4.78 is 65.3. The van der Waals surface area contributed by atoms with E-state index in [2.05, 4.69) is 5.09 Å². The number of aromatic amines is 1. The van der Waals surface area contributed by atoms with Crippen LogP contribution in [0.3, 0.4) is 0 Å². The second-order valence-electron chi connectivity index (χ2n) is 9.87. The Bertz CT molecular complexity index is 1560. The maximum Gasteiger partial charge on any atom is 0.459 e. The topological polar surface area (TPSA) is 158 Å². The van der Waals surface area contributed by atoms with Gasteiger partial charge in [0.05, 0.1) is 12.7 Å². The molecule has 12 nitrogen and oxygen atoms in total. The van der Waals surface area contributed by atoms with E-state index in [-0.39, 0.29) is 5.75 Å². The SMILES string of the molecule is CC(C)OC(=O)C(C)NP(=O)(OCC1(C(F)F)CC(O)C(n2ccc(=O)[nH]c2=O)O1)Oc1ccc2ccccc2c1. The van der Waals surface area contributed by atoms with Crippen molar-refractivity contribution in [1.29, 1.82) is 0 Å². The fourth-order valence-corrected chi connectivity index (χ4v) is 5.80. The summed E-state index contributed by atoms with van der Waals surface area (Å²) in [5.41, 5.74) is -4.26. The first-order valence-corrected chi connectivity index (χ1v) is 14.2. The van der Waals surface area contributed by atoms with E-state index in [1.807, 2.05) is 17.1 Å². The highest BCUT2D eigenvalue weighted by Crippen LogP contribution is 2.49. The van der Waals surface area contributed by atoms with Crippen LogP contribution in [-0.2, 0) is 23.4 Å². The molecule has 0 radical (unpaired) electrons. The first kappa shape index (κ1) is 30.5. The third-order valence-corrected chi connectivity index (χ3v) is 7.87. The number of aromatic nitrogens is 2. The average molecular weight is 598 g/mol. The molecule has 0 amide bonds. The minimum atomic E-state index is -4.60. The first-order chi connectivity index (χ1) is 19.3. The van der Waals surface area contributed by atoms with E-state index in [0.717, 1.165) is 27.6 Å². The van der Waals surface area contributed by atoms with Gasteiger partial charge in [0.25, 0.3) is 12.0 Å². The zero-order valence-corrected chi connectivity index (χ0v) is 23.3. The Balaban J connectivity index is 1.61. The molecule has 3 N–H and O–H groups in total. The summed E-state index contributed by atoms with van der Waals surface area (Å²) in [7, 11) is -4.60. The van der Waals surface area contributed by atoms with Crippen molar-refractivity contribution in [3.63, 3.8) is 0 Å². The summed E-state index contributed by atoms with van der Waals surface area (Å²) >= 11 is 0. The van der Waals surface area contributed by atoms with Gasteiger partial charge in [-0.15, -0.1) is 0 Å². The van der Waals surface area contributed by atoms with Crippen molar-refractivity contribution in [3.8, 4) is 5.75 Å². The molecule has 5 unspecified atom stereocenters. The van der Waals surface area contributed by atoms with Crippen LogP contribution in [0, 0.1) is 0 Å². The highest BCUT2D eigenvalue weighted by atomic mass is 31.2. The maximum absolute atomic E-state index is 14.4. The lowest BCUT2D eigenvalue weighted by atomic mass is 10.0. The van der Waals surface area contributed by atoms with Crippen LogP contribution in [0.4, 0.5) is 8.78 Å². The number of nitrogens with one attached hydrogen (secondary N) is 2. The fraction of sp³-hybridized carbons (Fsp3) is 0.423. The smallest absolute Gasteiger partial charge is 0.459 e. The monoisotopic (exact) mass is 597 g/mol. The van der Waals surface area contributed by atoms with E-state index < -0.39 is 74.5 Å². The molecule has 0 saturated carbocycles. The molecule has 4 rings (SSSR count). The number of carbonyl (C=O) groups is 1. The van der Waals surface area contributed by atoms with Gasteiger partial charge in [-0.2, -0.15) is 5.09 Å². The third kappa shape index (κ3) is 7.08. The van der Waals surface area contributed by atoms with Crippen LogP contribution in [-0.4, -0.2) is 57.5 Å². The first-order valence-electron chi connectivity index (χ1n) is 12.7. The van der Waals surface area contributed by atoms with Gasteiger partial charge in [0.1, 0.15) is 17.9 Å². The number of rotatable bonds is 11. The second kappa shape index (κ2) is 12.2. The second-order valence-corrected chi connectivity index (χ2v) is 11.6. The molecule has 3 aromatic rings. The minimum Gasteiger partial charge on any atom is -0.462 e. The van der Waals surface area contributed by atoms with Gasteiger partial charge >= 0.3 is 19.4 Å². The molecule has 0 bridgehead atoms. The third-order valence-electron chi connectivity index (χ3n) is 6.24. The Morgan fingerprint density at radius 1 is 1.20 bits per heavy atom. The predicted octanol–water partition coefficient (Wildman–Crippen LogP) is 3.11. The molecular weight excluding hydrogens is 567 g/mol. The number of aliphatic hydroxyl groups excluding tert-OH is 1. The molecule has 1 saturated heterocycles. The van der Waals surface area contributed by atoms with Gasteiger partial charge in [-0.1, -0.05) is 30.3 Å². The van der Waals surface area contributed by atoms with Crippen molar-refractivity contribution >= 4 is 24.5 Å². The van der Waals surface area contributed by atoms with Gasteiger partial charge in [-0.3, -0.25) is 23.7 Å². The summed E-state index contributed by atoms with van der Waals surface area (Å²) in [4.78, 5) is 38.0. The number of nitrogens with zero attached hydrogens (tertiary/aromatic N) is 1. The van der Waals surface area contributed by atoms with Gasteiger partial charge in [0.15, 0.2) is 11.8 Å². The number of halogens is 2. The van der Waals surface area contributed by atoms with E-state index >= 15 is 0 Å². The molecular formula is C26H30F2N3O9P. The number of aliphatic hydroxyl groups is 1. The Kier molecular flexibility index (Phi) is 9.10. The lowest BCUT2D eigenvalue weighted by Crippen LogP contribution is -2.44. The quantitative estimate of drug-likeness (QED) is 0.222. The maximum atomic E-state index is 14.4. The lowest BCUT2D eigenvalue weighted by Gasteiger charge is -2.30. The number of ether oxygens (including phenoxy) is 2. The van der Waals surface area contributed by atoms with E-state index in [4.69, 9.17) is 18.5 Å². The number of hydrogen-bond donors (Lipinski definition) is 3. The largest absolute Gasteiger partial charge is 0.462 e.